The van der Waals surface area contributed by atoms with Crippen LogP contribution in [0.1, 0.15) is 25.1 Å². The van der Waals surface area contributed by atoms with E-state index in [4.69, 9.17) is 0 Å². The molecule has 0 atom stereocenters. The maximum atomic E-state index is 10.2. The number of pyridine rings is 1. The third-order valence-electron chi connectivity index (χ3n) is 3.50. The van der Waals surface area contributed by atoms with Crippen molar-refractivity contribution < 1.29 is 5.11 Å². The maximum Gasteiger partial charge on any atom is 0.124 e. The quantitative estimate of drug-likeness (QED) is 0.854. The molecule has 1 aromatic carbocycles. The summed E-state index contributed by atoms with van der Waals surface area (Å²) in [6.07, 6.45) is 3.30. The van der Waals surface area contributed by atoms with Gasteiger partial charge in [-0.25, -0.2) is 0 Å². The second-order valence-electron chi connectivity index (χ2n) is 4.80. The molecule has 0 aliphatic heterocycles. The van der Waals surface area contributed by atoms with Gasteiger partial charge in [0, 0.05) is 36.6 Å². The Balaban J connectivity index is 2.37. The minimum atomic E-state index is 0.160. The third kappa shape index (κ3) is 3.44. The number of hydrogen-bond acceptors (Lipinski definition) is 4. The molecule has 4 heteroatoms. The molecule has 0 amide bonds. The largest absolute Gasteiger partial charge is 0.507 e. The molecule has 1 aromatic heterocycles. The first kappa shape index (κ1) is 15.6. The molecule has 0 saturated heterocycles. The van der Waals surface area contributed by atoms with E-state index < -0.39 is 0 Å². The second-order valence-corrected chi connectivity index (χ2v) is 4.80. The van der Waals surface area contributed by atoms with Gasteiger partial charge in [0.2, 0.25) is 0 Å². The molecule has 0 spiro atoms. The summed E-state index contributed by atoms with van der Waals surface area (Å²) in [6, 6.07) is 13.0. The lowest BCUT2D eigenvalue weighted by molar-refractivity contribution is 0.474. The van der Waals surface area contributed by atoms with Crippen LogP contribution in [0.5, 0.6) is 5.75 Å². The highest BCUT2D eigenvalue weighted by molar-refractivity contribution is 5.89. The molecule has 22 heavy (non-hydrogen) atoms. The Bertz CT molecular complexity index is 698. The predicted octanol–water partition coefficient (Wildman–Crippen LogP) is 3.70. The van der Waals surface area contributed by atoms with Gasteiger partial charge in [0.15, 0.2) is 0 Å². The molecule has 112 valence electrons. The molecule has 1 N–H and O–H groups in total. The standard InChI is InChI=1S/C18H19N3O/c1-3-21(4-2)16-9-8-14(18(22)12-16)11-15(13-19)17-7-5-6-10-20-17/h5-12,22H,3-4H2,1-2H3/b15-11+. The van der Waals surface area contributed by atoms with Gasteiger partial charge in [0.1, 0.15) is 11.8 Å². The van der Waals surface area contributed by atoms with Crippen LogP contribution in [0.4, 0.5) is 5.69 Å². The number of nitrogens with zero attached hydrogens (tertiary/aromatic N) is 3. The lowest BCUT2D eigenvalue weighted by Gasteiger charge is -2.21. The lowest BCUT2D eigenvalue weighted by atomic mass is 10.1. The van der Waals surface area contributed by atoms with Crippen molar-refractivity contribution in [1.82, 2.24) is 4.98 Å². The molecule has 2 aromatic rings. The van der Waals surface area contributed by atoms with Crippen molar-refractivity contribution >= 4 is 17.3 Å². The minimum Gasteiger partial charge on any atom is -0.507 e. The molecule has 1 heterocycles. The van der Waals surface area contributed by atoms with Crippen LogP contribution in [-0.2, 0) is 0 Å². The number of phenolic OH excluding ortho intramolecular Hbond substituents is 1. The predicted molar refractivity (Wildman–Crippen MR) is 89.4 cm³/mol. The average Bonchev–Trinajstić information content (AvgIpc) is 2.56. The lowest BCUT2D eigenvalue weighted by Crippen LogP contribution is -2.21. The fourth-order valence-corrected chi connectivity index (χ4v) is 2.28. The number of nitriles is 1. The van der Waals surface area contributed by atoms with E-state index in [-0.39, 0.29) is 5.75 Å². The van der Waals surface area contributed by atoms with Crippen molar-refractivity contribution in [2.75, 3.05) is 18.0 Å². The van der Waals surface area contributed by atoms with Crippen molar-refractivity contribution in [3.63, 3.8) is 0 Å². The van der Waals surface area contributed by atoms with E-state index in [1.54, 1.807) is 30.5 Å². The normalized spacial score (nSPS) is 11.0. The highest BCUT2D eigenvalue weighted by Gasteiger charge is 2.08. The summed E-state index contributed by atoms with van der Waals surface area (Å²) < 4.78 is 0. The maximum absolute atomic E-state index is 10.2. The second kappa shape index (κ2) is 7.28. The molecule has 0 radical (unpaired) electrons. The Kier molecular flexibility index (Phi) is 5.16. The summed E-state index contributed by atoms with van der Waals surface area (Å²) in [5, 5.41) is 19.5. The van der Waals surface area contributed by atoms with Crippen LogP contribution < -0.4 is 4.90 Å². The fraction of sp³-hybridized carbons (Fsp3) is 0.222. The van der Waals surface area contributed by atoms with Crippen LogP contribution in [0.15, 0.2) is 42.6 Å². The Morgan fingerprint density at radius 3 is 2.59 bits per heavy atom. The zero-order valence-corrected chi connectivity index (χ0v) is 12.8. The van der Waals surface area contributed by atoms with Crippen LogP contribution in [0, 0.1) is 11.3 Å². The van der Waals surface area contributed by atoms with Crippen molar-refractivity contribution in [3.05, 3.63) is 53.9 Å². The summed E-state index contributed by atoms with van der Waals surface area (Å²) in [4.78, 5) is 6.32. The summed E-state index contributed by atoms with van der Waals surface area (Å²) >= 11 is 0. The van der Waals surface area contributed by atoms with Crippen molar-refractivity contribution in [3.8, 4) is 11.8 Å². The molecule has 0 aliphatic carbocycles. The van der Waals surface area contributed by atoms with Gasteiger partial charge in [-0.15, -0.1) is 0 Å². The number of phenols is 1. The number of rotatable bonds is 5. The van der Waals surface area contributed by atoms with Gasteiger partial charge in [-0.3, -0.25) is 4.98 Å². The Labute approximate surface area is 131 Å². The number of aromatic nitrogens is 1. The summed E-state index contributed by atoms with van der Waals surface area (Å²) in [5.74, 6) is 0.160. The van der Waals surface area contributed by atoms with Gasteiger partial charge in [-0.05, 0) is 44.2 Å². The van der Waals surface area contributed by atoms with Gasteiger partial charge in [-0.2, -0.15) is 5.26 Å². The van der Waals surface area contributed by atoms with Crippen molar-refractivity contribution in [2.24, 2.45) is 0 Å². The summed E-state index contributed by atoms with van der Waals surface area (Å²) in [5.41, 5.74) is 2.60. The van der Waals surface area contributed by atoms with E-state index in [2.05, 4.69) is 29.8 Å². The summed E-state index contributed by atoms with van der Waals surface area (Å²) in [7, 11) is 0. The van der Waals surface area contributed by atoms with E-state index in [1.807, 2.05) is 18.2 Å². The van der Waals surface area contributed by atoms with E-state index in [1.165, 1.54) is 0 Å². The number of anilines is 1. The van der Waals surface area contributed by atoms with E-state index >= 15 is 0 Å². The summed E-state index contributed by atoms with van der Waals surface area (Å²) in [6.45, 7) is 5.90. The highest BCUT2D eigenvalue weighted by atomic mass is 16.3. The van der Waals surface area contributed by atoms with Crippen LogP contribution >= 0.6 is 0 Å². The first-order valence-corrected chi connectivity index (χ1v) is 7.30. The number of hydrogen-bond donors (Lipinski definition) is 1. The van der Waals surface area contributed by atoms with Gasteiger partial charge >= 0.3 is 0 Å². The molecule has 0 aliphatic rings. The molecular formula is C18H19N3O. The smallest absolute Gasteiger partial charge is 0.124 e. The van der Waals surface area contributed by atoms with Gasteiger partial charge in [0.25, 0.3) is 0 Å². The van der Waals surface area contributed by atoms with Gasteiger partial charge in [-0.1, -0.05) is 6.07 Å². The van der Waals surface area contributed by atoms with Crippen LogP contribution in [-0.4, -0.2) is 23.2 Å². The Morgan fingerprint density at radius 2 is 2.05 bits per heavy atom. The molecule has 4 nitrogen and oxygen atoms in total. The third-order valence-corrected chi connectivity index (χ3v) is 3.50. The topological polar surface area (TPSA) is 60.2 Å². The number of allylic oxidation sites excluding steroid dienone is 1. The van der Waals surface area contributed by atoms with Crippen molar-refractivity contribution in [1.29, 1.82) is 5.26 Å². The van der Waals surface area contributed by atoms with Crippen LogP contribution in [0.2, 0.25) is 0 Å². The van der Waals surface area contributed by atoms with Gasteiger partial charge < -0.3 is 10.0 Å². The molecule has 0 fully saturated rings. The number of aromatic hydroxyl groups is 1. The monoisotopic (exact) mass is 293 g/mol. The molecule has 0 bridgehead atoms. The van der Waals surface area contributed by atoms with E-state index in [0.717, 1.165) is 18.8 Å². The fourth-order valence-electron chi connectivity index (χ4n) is 2.28. The molecule has 0 saturated carbocycles. The first-order chi connectivity index (χ1) is 10.7. The molecular weight excluding hydrogens is 274 g/mol. The first-order valence-electron chi connectivity index (χ1n) is 7.30. The van der Waals surface area contributed by atoms with E-state index in [0.29, 0.717) is 16.8 Å². The zero-order chi connectivity index (χ0) is 15.9. The highest BCUT2D eigenvalue weighted by Crippen LogP contribution is 2.27. The van der Waals surface area contributed by atoms with Crippen molar-refractivity contribution in [2.45, 2.75) is 13.8 Å². The van der Waals surface area contributed by atoms with E-state index in [9.17, 15) is 10.4 Å². The Morgan fingerprint density at radius 1 is 1.27 bits per heavy atom. The zero-order valence-electron chi connectivity index (χ0n) is 12.8. The van der Waals surface area contributed by atoms with Crippen LogP contribution in [0.3, 0.4) is 0 Å². The SMILES string of the molecule is CCN(CC)c1ccc(/C=C(\C#N)c2ccccn2)c(O)c1. The van der Waals surface area contributed by atoms with Crippen LogP contribution in [0.25, 0.3) is 11.6 Å². The molecule has 2 rings (SSSR count). The van der Waals surface area contributed by atoms with Gasteiger partial charge in [0.05, 0.1) is 11.3 Å². The molecule has 0 unspecified atom stereocenters. The Hall–Kier alpha value is -2.80. The minimum absolute atomic E-state index is 0.160. The average molecular weight is 293 g/mol. The number of benzene rings is 1.